The van der Waals surface area contributed by atoms with E-state index in [1.165, 1.54) is 6.07 Å². The summed E-state index contributed by atoms with van der Waals surface area (Å²) >= 11 is 0. The van der Waals surface area contributed by atoms with Gasteiger partial charge in [0.1, 0.15) is 5.69 Å². The Hall–Kier alpha value is -2.30. The van der Waals surface area contributed by atoms with E-state index in [9.17, 15) is 4.79 Å². The predicted octanol–water partition coefficient (Wildman–Crippen LogP) is 2.41. The van der Waals surface area contributed by atoms with Crippen LogP contribution in [-0.4, -0.2) is 30.3 Å². The number of anilines is 1. The van der Waals surface area contributed by atoms with E-state index in [2.05, 4.69) is 5.16 Å². The van der Waals surface area contributed by atoms with E-state index in [1.807, 2.05) is 44.1 Å². The first-order valence-corrected chi connectivity index (χ1v) is 5.47. The molecule has 0 aliphatic heterocycles. The lowest BCUT2D eigenvalue weighted by Crippen LogP contribution is -2.10. The number of hydrogen-bond acceptors (Lipinski definition) is 4. The molecule has 5 heteroatoms. The monoisotopic (exact) mass is 246 g/mol. The highest BCUT2D eigenvalue weighted by Gasteiger charge is 2.15. The second-order valence-electron chi connectivity index (χ2n) is 4.30. The maximum atomic E-state index is 10.8. The van der Waals surface area contributed by atoms with Gasteiger partial charge in [-0.1, -0.05) is 16.8 Å². The standard InChI is InChI=1S/C13H14N2O3/c1-8-4-5-11(15(2)3)9(6-8)10-7-12(13(16)17)18-14-10/h4-7H,1-3H3,(H,16,17). The van der Waals surface area contributed by atoms with Crippen LogP contribution in [0.15, 0.2) is 28.8 Å². The van der Waals surface area contributed by atoms with Gasteiger partial charge in [-0.05, 0) is 19.1 Å². The van der Waals surface area contributed by atoms with Crippen LogP contribution >= 0.6 is 0 Å². The van der Waals surface area contributed by atoms with Crippen LogP contribution < -0.4 is 4.90 Å². The number of hydrogen-bond donors (Lipinski definition) is 1. The first-order chi connectivity index (χ1) is 8.49. The number of aromatic nitrogens is 1. The Labute approximate surface area is 105 Å². The lowest BCUT2D eigenvalue weighted by Gasteiger charge is -2.16. The molecule has 1 aromatic carbocycles. The van der Waals surface area contributed by atoms with Crippen molar-refractivity contribution in [1.82, 2.24) is 5.16 Å². The predicted molar refractivity (Wildman–Crippen MR) is 68.0 cm³/mol. The van der Waals surface area contributed by atoms with Crippen LogP contribution in [0.2, 0.25) is 0 Å². The zero-order chi connectivity index (χ0) is 13.3. The van der Waals surface area contributed by atoms with Gasteiger partial charge in [-0.15, -0.1) is 0 Å². The Morgan fingerprint density at radius 1 is 1.33 bits per heavy atom. The molecule has 0 radical (unpaired) electrons. The lowest BCUT2D eigenvalue weighted by atomic mass is 10.1. The quantitative estimate of drug-likeness (QED) is 0.900. The maximum Gasteiger partial charge on any atom is 0.374 e. The summed E-state index contributed by atoms with van der Waals surface area (Å²) in [6.45, 7) is 1.97. The molecule has 0 saturated heterocycles. The highest BCUT2D eigenvalue weighted by atomic mass is 16.5. The van der Waals surface area contributed by atoms with Crippen LogP contribution in [0.4, 0.5) is 5.69 Å². The van der Waals surface area contributed by atoms with E-state index in [0.29, 0.717) is 5.69 Å². The zero-order valence-electron chi connectivity index (χ0n) is 10.5. The molecule has 0 unspecified atom stereocenters. The largest absolute Gasteiger partial charge is 0.475 e. The summed E-state index contributed by atoms with van der Waals surface area (Å²) in [5.41, 5.74) is 3.43. The van der Waals surface area contributed by atoms with Crippen molar-refractivity contribution in [3.8, 4) is 11.3 Å². The minimum Gasteiger partial charge on any atom is -0.475 e. The molecular weight excluding hydrogens is 232 g/mol. The van der Waals surface area contributed by atoms with Crippen molar-refractivity contribution in [2.24, 2.45) is 0 Å². The smallest absolute Gasteiger partial charge is 0.374 e. The first kappa shape index (κ1) is 12.2. The normalized spacial score (nSPS) is 10.4. The number of benzene rings is 1. The molecule has 94 valence electrons. The summed E-state index contributed by atoms with van der Waals surface area (Å²) in [5, 5.41) is 12.6. The van der Waals surface area contributed by atoms with Gasteiger partial charge in [0.25, 0.3) is 0 Å². The molecule has 0 bridgehead atoms. The average Bonchev–Trinajstić information content (AvgIpc) is 2.77. The third kappa shape index (κ3) is 2.20. The van der Waals surface area contributed by atoms with Crippen molar-refractivity contribution < 1.29 is 14.4 Å². The lowest BCUT2D eigenvalue weighted by molar-refractivity contribution is 0.0652. The number of carboxylic acids is 1. The maximum absolute atomic E-state index is 10.8. The molecule has 2 rings (SSSR count). The highest BCUT2D eigenvalue weighted by molar-refractivity contribution is 5.87. The molecule has 0 aliphatic rings. The summed E-state index contributed by atoms with van der Waals surface area (Å²) in [5.74, 6) is -1.27. The summed E-state index contributed by atoms with van der Waals surface area (Å²) in [6, 6.07) is 7.36. The number of rotatable bonds is 3. The number of carbonyl (C=O) groups is 1. The molecule has 1 aromatic heterocycles. The molecule has 0 aliphatic carbocycles. The Balaban J connectivity index is 2.54. The summed E-state index contributed by atoms with van der Waals surface area (Å²) < 4.78 is 4.79. The fourth-order valence-electron chi connectivity index (χ4n) is 1.75. The molecule has 0 spiro atoms. The fourth-order valence-corrected chi connectivity index (χ4v) is 1.75. The van der Waals surface area contributed by atoms with Crippen LogP contribution in [-0.2, 0) is 0 Å². The molecular formula is C13H14N2O3. The second kappa shape index (κ2) is 4.52. The number of carboxylic acid groups (broad SMARTS) is 1. The topological polar surface area (TPSA) is 66.6 Å². The first-order valence-electron chi connectivity index (χ1n) is 5.47. The molecule has 0 saturated carbocycles. The van der Waals surface area contributed by atoms with Crippen molar-refractivity contribution in [3.63, 3.8) is 0 Å². The van der Waals surface area contributed by atoms with Crippen LogP contribution in [0.5, 0.6) is 0 Å². The van der Waals surface area contributed by atoms with Crippen molar-refractivity contribution in [3.05, 3.63) is 35.6 Å². The molecule has 2 aromatic rings. The minimum atomic E-state index is -1.12. The molecule has 0 atom stereocenters. The van der Waals surface area contributed by atoms with Crippen LogP contribution in [0.3, 0.4) is 0 Å². The highest BCUT2D eigenvalue weighted by Crippen LogP contribution is 2.30. The van der Waals surface area contributed by atoms with Gasteiger partial charge in [-0.3, -0.25) is 0 Å². The van der Waals surface area contributed by atoms with Gasteiger partial charge in [0, 0.05) is 31.4 Å². The van der Waals surface area contributed by atoms with Gasteiger partial charge in [-0.2, -0.15) is 0 Å². The van der Waals surface area contributed by atoms with E-state index >= 15 is 0 Å². The summed E-state index contributed by atoms with van der Waals surface area (Å²) in [7, 11) is 3.85. The summed E-state index contributed by atoms with van der Waals surface area (Å²) in [4.78, 5) is 12.7. The molecule has 0 fully saturated rings. The molecule has 0 amide bonds. The van der Waals surface area contributed by atoms with Crippen LogP contribution in [0.25, 0.3) is 11.3 Å². The fraction of sp³-hybridized carbons (Fsp3) is 0.231. The Morgan fingerprint density at radius 2 is 2.06 bits per heavy atom. The van der Waals surface area contributed by atoms with Gasteiger partial charge < -0.3 is 14.5 Å². The van der Waals surface area contributed by atoms with Crippen LogP contribution in [0.1, 0.15) is 16.1 Å². The van der Waals surface area contributed by atoms with Gasteiger partial charge >= 0.3 is 5.97 Å². The van der Waals surface area contributed by atoms with E-state index < -0.39 is 5.97 Å². The number of nitrogens with zero attached hydrogens (tertiary/aromatic N) is 2. The van der Waals surface area contributed by atoms with E-state index in [-0.39, 0.29) is 5.76 Å². The molecule has 5 nitrogen and oxygen atoms in total. The van der Waals surface area contributed by atoms with Crippen molar-refractivity contribution in [2.45, 2.75) is 6.92 Å². The van der Waals surface area contributed by atoms with Crippen molar-refractivity contribution in [2.75, 3.05) is 19.0 Å². The van der Waals surface area contributed by atoms with Gasteiger partial charge in [0.2, 0.25) is 5.76 Å². The summed E-state index contributed by atoms with van der Waals surface area (Å²) in [6.07, 6.45) is 0. The molecule has 18 heavy (non-hydrogen) atoms. The van der Waals surface area contributed by atoms with E-state index in [0.717, 1.165) is 16.8 Å². The number of aryl methyl sites for hydroxylation is 1. The second-order valence-corrected chi connectivity index (χ2v) is 4.30. The van der Waals surface area contributed by atoms with Gasteiger partial charge in [-0.25, -0.2) is 4.79 Å². The Kier molecular flexibility index (Phi) is 3.06. The zero-order valence-corrected chi connectivity index (χ0v) is 10.5. The van der Waals surface area contributed by atoms with E-state index in [4.69, 9.17) is 9.63 Å². The third-order valence-electron chi connectivity index (χ3n) is 2.63. The van der Waals surface area contributed by atoms with E-state index in [1.54, 1.807) is 0 Å². The molecule has 1 heterocycles. The average molecular weight is 246 g/mol. The Morgan fingerprint density at radius 3 is 2.61 bits per heavy atom. The minimum absolute atomic E-state index is 0.156. The van der Waals surface area contributed by atoms with Crippen molar-refractivity contribution in [1.29, 1.82) is 0 Å². The van der Waals surface area contributed by atoms with Gasteiger partial charge in [0.05, 0.1) is 0 Å². The SMILES string of the molecule is Cc1ccc(N(C)C)c(-c2cc(C(=O)O)on2)c1. The number of aromatic carboxylic acids is 1. The third-order valence-corrected chi connectivity index (χ3v) is 2.63. The molecule has 1 N–H and O–H groups in total. The van der Waals surface area contributed by atoms with Crippen molar-refractivity contribution >= 4 is 11.7 Å². The van der Waals surface area contributed by atoms with Crippen LogP contribution in [0, 0.1) is 6.92 Å². The van der Waals surface area contributed by atoms with Gasteiger partial charge in [0.15, 0.2) is 0 Å². The Bertz CT molecular complexity index is 588.